The first-order chi connectivity index (χ1) is 11.8. The minimum atomic E-state index is -0.321. The predicted molar refractivity (Wildman–Crippen MR) is 99.5 cm³/mol. The molecule has 0 aliphatic rings. The highest BCUT2D eigenvalue weighted by atomic mass is 16.2. The molecule has 1 heterocycles. The van der Waals surface area contributed by atoms with Gasteiger partial charge in [-0.2, -0.15) is 0 Å². The Kier molecular flexibility index (Phi) is 6.11. The molecule has 0 saturated heterocycles. The van der Waals surface area contributed by atoms with E-state index in [9.17, 15) is 9.59 Å². The van der Waals surface area contributed by atoms with Crippen molar-refractivity contribution in [3.8, 4) is 0 Å². The molecule has 2 aromatic rings. The number of urea groups is 1. The van der Waals surface area contributed by atoms with Crippen LogP contribution in [0.5, 0.6) is 0 Å². The number of amides is 3. The van der Waals surface area contributed by atoms with E-state index in [1.165, 1.54) is 0 Å². The number of aryl methyl sites for hydroxylation is 2. The Bertz CT molecular complexity index is 772. The molecular formula is C19H24N4O2. The zero-order valence-electron chi connectivity index (χ0n) is 15.0. The lowest BCUT2D eigenvalue weighted by Crippen LogP contribution is -2.29. The maximum atomic E-state index is 12.1. The van der Waals surface area contributed by atoms with Gasteiger partial charge in [-0.1, -0.05) is 26.0 Å². The van der Waals surface area contributed by atoms with Crippen molar-refractivity contribution < 1.29 is 9.59 Å². The first kappa shape index (κ1) is 18.4. The Balaban J connectivity index is 1.98. The molecule has 25 heavy (non-hydrogen) atoms. The highest BCUT2D eigenvalue weighted by molar-refractivity contribution is 5.94. The summed E-state index contributed by atoms with van der Waals surface area (Å²) in [6.45, 7) is 7.80. The second kappa shape index (κ2) is 8.28. The van der Waals surface area contributed by atoms with Gasteiger partial charge in [0.1, 0.15) is 0 Å². The number of nitrogens with one attached hydrogen (secondary N) is 3. The van der Waals surface area contributed by atoms with E-state index >= 15 is 0 Å². The van der Waals surface area contributed by atoms with E-state index < -0.39 is 0 Å². The normalized spacial score (nSPS) is 10.4. The second-order valence-corrected chi connectivity index (χ2v) is 6.25. The van der Waals surface area contributed by atoms with Gasteiger partial charge in [0.05, 0.1) is 12.2 Å². The van der Waals surface area contributed by atoms with Crippen LogP contribution < -0.4 is 16.0 Å². The monoisotopic (exact) mass is 340 g/mol. The van der Waals surface area contributed by atoms with Crippen LogP contribution in [0, 0.1) is 19.8 Å². The van der Waals surface area contributed by atoms with Crippen LogP contribution in [0.2, 0.25) is 0 Å². The van der Waals surface area contributed by atoms with E-state index in [2.05, 4.69) is 20.9 Å². The first-order valence-corrected chi connectivity index (χ1v) is 8.24. The molecule has 0 bridgehead atoms. The number of carbonyl (C=O) groups is 2. The van der Waals surface area contributed by atoms with Crippen molar-refractivity contribution in [2.24, 2.45) is 5.92 Å². The standard InChI is InChI=1S/C19H24N4O2/c1-12(2)18(24)22-15-9-8-13(3)17(10-15)23-19(25)20-11-16-7-5-6-14(4)21-16/h5-10,12H,11H2,1-4H3,(H,22,24)(H2,20,23,25). The van der Waals surface area contributed by atoms with Crippen molar-refractivity contribution in [2.75, 3.05) is 10.6 Å². The summed E-state index contributed by atoms with van der Waals surface area (Å²) >= 11 is 0. The van der Waals surface area contributed by atoms with Crippen molar-refractivity contribution in [3.05, 3.63) is 53.3 Å². The Labute approximate surface area is 148 Å². The fourth-order valence-corrected chi connectivity index (χ4v) is 2.16. The minimum absolute atomic E-state index is 0.0650. The van der Waals surface area contributed by atoms with Gasteiger partial charge >= 0.3 is 6.03 Å². The Morgan fingerprint density at radius 1 is 1.08 bits per heavy atom. The molecule has 0 radical (unpaired) electrons. The molecule has 0 saturated carbocycles. The zero-order valence-corrected chi connectivity index (χ0v) is 15.0. The molecule has 132 valence electrons. The molecule has 0 aliphatic carbocycles. The van der Waals surface area contributed by atoms with Crippen LogP contribution >= 0.6 is 0 Å². The Morgan fingerprint density at radius 3 is 2.52 bits per heavy atom. The lowest BCUT2D eigenvalue weighted by Gasteiger charge is -2.13. The number of anilines is 2. The molecule has 1 aromatic heterocycles. The summed E-state index contributed by atoms with van der Waals surface area (Å²) in [5.74, 6) is -0.174. The van der Waals surface area contributed by atoms with Crippen LogP contribution in [0.1, 0.15) is 30.8 Å². The molecule has 0 unspecified atom stereocenters. The summed E-state index contributed by atoms with van der Waals surface area (Å²) < 4.78 is 0. The van der Waals surface area contributed by atoms with Gasteiger partial charge < -0.3 is 16.0 Å². The van der Waals surface area contributed by atoms with E-state index in [1.54, 1.807) is 6.07 Å². The number of carbonyl (C=O) groups excluding carboxylic acids is 2. The van der Waals surface area contributed by atoms with Gasteiger partial charge in [-0.25, -0.2) is 4.79 Å². The molecule has 2 rings (SSSR count). The van der Waals surface area contributed by atoms with Crippen LogP contribution in [-0.4, -0.2) is 16.9 Å². The maximum Gasteiger partial charge on any atom is 0.319 e. The maximum absolute atomic E-state index is 12.1. The van der Waals surface area contributed by atoms with Crippen molar-refractivity contribution >= 4 is 23.3 Å². The van der Waals surface area contributed by atoms with Crippen molar-refractivity contribution in [1.29, 1.82) is 0 Å². The summed E-state index contributed by atoms with van der Waals surface area (Å²) in [6.07, 6.45) is 0. The molecule has 0 spiro atoms. The van der Waals surface area contributed by atoms with Crippen molar-refractivity contribution in [1.82, 2.24) is 10.3 Å². The van der Waals surface area contributed by atoms with E-state index in [4.69, 9.17) is 0 Å². The Morgan fingerprint density at radius 2 is 1.84 bits per heavy atom. The molecule has 0 atom stereocenters. The summed E-state index contributed by atoms with van der Waals surface area (Å²) in [6, 6.07) is 10.8. The molecule has 1 aromatic carbocycles. The lowest BCUT2D eigenvalue weighted by atomic mass is 10.1. The summed E-state index contributed by atoms with van der Waals surface area (Å²) in [5.41, 5.74) is 3.91. The lowest BCUT2D eigenvalue weighted by molar-refractivity contribution is -0.118. The van der Waals surface area contributed by atoms with Crippen molar-refractivity contribution in [3.63, 3.8) is 0 Å². The topological polar surface area (TPSA) is 83.1 Å². The molecule has 3 amide bonds. The average Bonchev–Trinajstić information content (AvgIpc) is 2.56. The van der Waals surface area contributed by atoms with Gasteiger partial charge in [-0.3, -0.25) is 9.78 Å². The van der Waals surface area contributed by atoms with Gasteiger partial charge in [-0.05, 0) is 43.7 Å². The van der Waals surface area contributed by atoms with Gasteiger partial charge in [0.15, 0.2) is 0 Å². The highest BCUT2D eigenvalue weighted by Crippen LogP contribution is 2.20. The molecular weight excluding hydrogens is 316 g/mol. The summed E-state index contributed by atoms with van der Waals surface area (Å²) in [7, 11) is 0. The quantitative estimate of drug-likeness (QED) is 0.777. The van der Waals surface area contributed by atoms with E-state index in [1.807, 2.05) is 58.0 Å². The fraction of sp³-hybridized carbons (Fsp3) is 0.316. The SMILES string of the molecule is Cc1cccc(CNC(=O)Nc2cc(NC(=O)C(C)C)ccc2C)n1. The van der Waals surface area contributed by atoms with Gasteiger partial charge in [0, 0.05) is 23.0 Å². The molecule has 6 heteroatoms. The number of nitrogens with zero attached hydrogens (tertiary/aromatic N) is 1. The second-order valence-electron chi connectivity index (χ2n) is 6.25. The van der Waals surface area contributed by atoms with Crippen LogP contribution in [-0.2, 0) is 11.3 Å². The van der Waals surface area contributed by atoms with Gasteiger partial charge in [-0.15, -0.1) is 0 Å². The number of aromatic nitrogens is 1. The molecule has 0 aliphatic heterocycles. The van der Waals surface area contributed by atoms with Gasteiger partial charge in [0.25, 0.3) is 0 Å². The molecule has 6 nitrogen and oxygen atoms in total. The number of pyridine rings is 1. The third kappa shape index (κ3) is 5.60. The number of hydrogen-bond donors (Lipinski definition) is 3. The molecule has 3 N–H and O–H groups in total. The largest absolute Gasteiger partial charge is 0.332 e. The van der Waals surface area contributed by atoms with Gasteiger partial charge in [0.2, 0.25) is 5.91 Å². The van der Waals surface area contributed by atoms with Crippen molar-refractivity contribution in [2.45, 2.75) is 34.2 Å². The smallest absolute Gasteiger partial charge is 0.319 e. The number of benzene rings is 1. The zero-order chi connectivity index (χ0) is 18.4. The number of hydrogen-bond acceptors (Lipinski definition) is 3. The Hall–Kier alpha value is -2.89. The summed E-state index contributed by atoms with van der Waals surface area (Å²) in [4.78, 5) is 28.3. The third-order valence-corrected chi connectivity index (χ3v) is 3.65. The van der Waals surface area contributed by atoms with Crippen LogP contribution in [0.25, 0.3) is 0 Å². The van der Waals surface area contributed by atoms with E-state index in [0.717, 1.165) is 17.0 Å². The first-order valence-electron chi connectivity index (χ1n) is 8.24. The molecule has 0 fully saturated rings. The van der Waals surface area contributed by atoms with E-state index in [0.29, 0.717) is 17.9 Å². The number of rotatable bonds is 5. The van der Waals surface area contributed by atoms with Crippen LogP contribution in [0.4, 0.5) is 16.2 Å². The summed E-state index contributed by atoms with van der Waals surface area (Å²) in [5, 5.41) is 8.41. The van der Waals surface area contributed by atoms with E-state index in [-0.39, 0.29) is 17.9 Å². The van der Waals surface area contributed by atoms with Crippen LogP contribution in [0.15, 0.2) is 36.4 Å². The highest BCUT2D eigenvalue weighted by Gasteiger charge is 2.10. The van der Waals surface area contributed by atoms with Crippen LogP contribution in [0.3, 0.4) is 0 Å². The fourth-order valence-electron chi connectivity index (χ4n) is 2.16. The average molecular weight is 340 g/mol. The minimum Gasteiger partial charge on any atom is -0.332 e. The predicted octanol–water partition coefficient (Wildman–Crippen LogP) is 3.61. The third-order valence-electron chi connectivity index (χ3n) is 3.65.